The largest absolute Gasteiger partial charge is 0.483 e. The summed E-state index contributed by atoms with van der Waals surface area (Å²) in [6.07, 6.45) is -1.72. The molecule has 0 aromatic heterocycles. The fraction of sp³-hybridized carbons (Fsp3) is 0.167. The number of aryl methyl sites for hydroxylation is 1. The third kappa shape index (κ3) is 3.95. The first-order valence-corrected chi connectivity index (χ1v) is 7.62. The quantitative estimate of drug-likeness (QED) is 0.871. The van der Waals surface area contributed by atoms with E-state index in [1.165, 1.54) is 0 Å². The molecular formula is C18H16N2O5. The Labute approximate surface area is 143 Å². The summed E-state index contributed by atoms with van der Waals surface area (Å²) in [5.74, 6) is -0.156. The number of cyclic esters (lactones) is 1. The normalized spacial score (nSPS) is 16.1. The van der Waals surface area contributed by atoms with Gasteiger partial charge in [0.15, 0.2) is 6.61 Å². The number of rotatable bonds is 5. The zero-order valence-electron chi connectivity index (χ0n) is 13.4. The average Bonchev–Trinajstić information content (AvgIpc) is 2.93. The number of benzene rings is 2. The van der Waals surface area contributed by atoms with Gasteiger partial charge in [0.05, 0.1) is 0 Å². The summed E-state index contributed by atoms with van der Waals surface area (Å²) in [5.41, 5.74) is 2.02. The number of ether oxygens (including phenoxy) is 2. The summed E-state index contributed by atoms with van der Waals surface area (Å²) < 4.78 is 10.4. The molecule has 25 heavy (non-hydrogen) atoms. The zero-order chi connectivity index (χ0) is 17.8. The highest BCUT2D eigenvalue weighted by Gasteiger charge is 2.33. The van der Waals surface area contributed by atoms with Crippen molar-refractivity contribution in [3.05, 3.63) is 59.7 Å². The summed E-state index contributed by atoms with van der Waals surface area (Å²) in [6.45, 7) is 1.78. The number of amides is 3. The maximum atomic E-state index is 12.0. The van der Waals surface area contributed by atoms with Gasteiger partial charge < -0.3 is 14.8 Å². The molecule has 128 valence electrons. The molecule has 1 atom stereocenters. The van der Waals surface area contributed by atoms with Crippen LogP contribution >= 0.6 is 0 Å². The number of carbonyl (C=O) groups excluding carboxylic acids is 3. The van der Waals surface area contributed by atoms with Crippen LogP contribution in [0.3, 0.4) is 0 Å². The van der Waals surface area contributed by atoms with E-state index in [0.29, 0.717) is 17.0 Å². The Balaban J connectivity index is 1.56. The van der Waals surface area contributed by atoms with Crippen molar-refractivity contribution in [2.24, 2.45) is 0 Å². The van der Waals surface area contributed by atoms with E-state index >= 15 is 0 Å². The molecule has 2 aromatic carbocycles. The van der Waals surface area contributed by atoms with Gasteiger partial charge in [-0.15, -0.1) is 0 Å². The second-order valence-corrected chi connectivity index (χ2v) is 5.50. The molecule has 0 spiro atoms. The van der Waals surface area contributed by atoms with E-state index in [-0.39, 0.29) is 12.5 Å². The lowest BCUT2D eigenvalue weighted by Gasteiger charge is -2.10. The second kappa shape index (κ2) is 7.04. The lowest BCUT2D eigenvalue weighted by atomic mass is 10.1. The monoisotopic (exact) mass is 340 g/mol. The number of alkyl carbamates (subject to hydrolysis) is 1. The molecule has 0 bridgehead atoms. The lowest BCUT2D eigenvalue weighted by molar-refractivity contribution is -0.123. The van der Waals surface area contributed by atoms with Gasteiger partial charge in [0.1, 0.15) is 5.75 Å². The molecule has 0 radical (unpaired) electrons. The van der Waals surface area contributed by atoms with Crippen molar-refractivity contribution in [2.75, 3.05) is 11.9 Å². The summed E-state index contributed by atoms with van der Waals surface area (Å²) in [7, 11) is 0. The maximum Gasteiger partial charge on any atom is 0.415 e. The molecule has 0 saturated carbocycles. The number of para-hydroxylation sites is 1. The average molecular weight is 340 g/mol. The number of hydrogen-bond donors (Lipinski definition) is 2. The van der Waals surface area contributed by atoms with Crippen LogP contribution in [-0.4, -0.2) is 24.5 Å². The molecule has 2 N–H and O–H groups in total. The van der Waals surface area contributed by atoms with Crippen LogP contribution in [0.2, 0.25) is 0 Å². The summed E-state index contributed by atoms with van der Waals surface area (Å²) in [5, 5.41) is 4.76. The minimum Gasteiger partial charge on any atom is -0.483 e. The van der Waals surface area contributed by atoms with Crippen LogP contribution in [0.5, 0.6) is 5.75 Å². The van der Waals surface area contributed by atoms with Gasteiger partial charge in [0.2, 0.25) is 6.10 Å². The molecule has 3 amide bonds. The number of imide groups is 1. The molecule has 0 aliphatic carbocycles. The van der Waals surface area contributed by atoms with Crippen molar-refractivity contribution in [1.82, 2.24) is 5.32 Å². The highest BCUT2D eigenvalue weighted by molar-refractivity contribution is 6.00. The predicted octanol–water partition coefficient (Wildman–Crippen LogP) is 2.32. The lowest BCUT2D eigenvalue weighted by Crippen LogP contribution is -2.21. The van der Waals surface area contributed by atoms with Crippen LogP contribution in [0.1, 0.15) is 17.2 Å². The molecule has 2 aromatic rings. The third-order valence-corrected chi connectivity index (χ3v) is 3.64. The van der Waals surface area contributed by atoms with Gasteiger partial charge in [-0.25, -0.2) is 4.79 Å². The van der Waals surface area contributed by atoms with E-state index in [4.69, 9.17) is 9.47 Å². The van der Waals surface area contributed by atoms with Crippen LogP contribution in [0.25, 0.3) is 0 Å². The molecule has 7 heteroatoms. The van der Waals surface area contributed by atoms with Crippen LogP contribution in [-0.2, 0) is 14.3 Å². The van der Waals surface area contributed by atoms with E-state index < -0.39 is 18.1 Å². The SMILES string of the molecule is Cc1ccccc1OCC(=O)Nc1ccc(C2OC(=O)NC2=O)cc1. The van der Waals surface area contributed by atoms with Crippen molar-refractivity contribution >= 4 is 23.6 Å². The van der Waals surface area contributed by atoms with E-state index in [1.807, 2.05) is 25.1 Å². The molecule has 1 fully saturated rings. The van der Waals surface area contributed by atoms with Crippen LogP contribution < -0.4 is 15.4 Å². The molecule has 1 aliphatic heterocycles. The summed E-state index contributed by atoms with van der Waals surface area (Å²) in [6, 6.07) is 13.9. The van der Waals surface area contributed by atoms with Crippen molar-refractivity contribution in [1.29, 1.82) is 0 Å². The van der Waals surface area contributed by atoms with Crippen LogP contribution in [0, 0.1) is 6.92 Å². The first-order chi connectivity index (χ1) is 12.0. The first kappa shape index (κ1) is 16.5. The Kier molecular flexibility index (Phi) is 4.65. The Morgan fingerprint density at radius 1 is 1.16 bits per heavy atom. The van der Waals surface area contributed by atoms with Gasteiger partial charge in [-0.2, -0.15) is 0 Å². The van der Waals surface area contributed by atoms with Gasteiger partial charge in [0, 0.05) is 11.3 Å². The molecular weight excluding hydrogens is 324 g/mol. The Hall–Kier alpha value is -3.35. The highest BCUT2D eigenvalue weighted by atomic mass is 16.6. The number of nitrogens with one attached hydrogen (secondary N) is 2. The minimum absolute atomic E-state index is 0.116. The van der Waals surface area contributed by atoms with Gasteiger partial charge in [-0.1, -0.05) is 30.3 Å². The molecule has 7 nitrogen and oxygen atoms in total. The molecule has 3 rings (SSSR count). The maximum absolute atomic E-state index is 12.0. The number of anilines is 1. The van der Waals surface area contributed by atoms with Crippen LogP contribution in [0.15, 0.2) is 48.5 Å². The minimum atomic E-state index is -0.957. The van der Waals surface area contributed by atoms with Gasteiger partial charge in [0.25, 0.3) is 11.8 Å². The van der Waals surface area contributed by atoms with Crippen molar-refractivity contribution in [2.45, 2.75) is 13.0 Å². The van der Waals surface area contributed by atoms with Crippen LogP contribution in [0.4, 0.5) is 10.5 Å². The predicted molar refractivity (Wildman–Crippen MR) is 89.1 cm³/mol. The Morgan fingerprint density at radius 3 is 2.52 bits per heavy atom. The highest BCUT2D eigenvalue weighted by Crippen LogP contribution is 2.23. The zero-order valence-corrected chi connectivity index (χ0v) is 13.4. The topological polar surface area (TPSA) is 93.7 Å². The second-order valence-electron chi connectivity index (χ2n) is 5.50. The summed E-state index contributed by atoms with van der Waals surface area (Å²) in [4.78, 5) is 34.6. The molecule has 1 unspecified atom stereocenters. The van der Waals surface area contributed by atoms with Crippen molar-refractivity contribution in [3.8, 4) is 5.75 Å². The van der Waals surface area contributed by atoms with Gasteiger partial charge in [-0.3, -0.25) is 14.9 Å². The molecule has 1 heterocycles. The Bertz CT molecular complexity index is 816. The van der Waals surface area contributed by atoms with E-state index in [2.05, 4.69) is 10.6 Å². The Morgan fingerprint density at radius 2 is 1.88 bits per heavy atom. The molecule has 1 saturated heterocycles. The van der Waals surface area contributed by atoms with Gasteiger partial charge in [-0.05, 0) is 30.7 Å². The fourth-order valence-corrected chi connectivity index (χ4v) is 2.38. The molecule has 1 aliphatic rings. The van der Waals surface area contributed by atoms with E-state index in [9.17, 15) is 14.4 Å². The fourth-order valence-electron chi connectivity index (χ4n) is 2.38. The third-order valence-electron chi connectivity index (χ3n) is 3.64. The standard InChI is InChI=1S/C18H16N2O5/c1-11-4-2-3-5-14(11)24-10-15(21)19-13-8-6-12(7-9-13)16-17(22)20-18(23)25-16/h2-9,16H,10H2,1H3,(H,19,21)(H,20,22,23). The van der Waals surface area contributed by atoms with E-state index in [1.54, 1.807) is 30.3 Å². The smallest absolute Gasteiger partial charge is 0.415 e. The number of hydrogen-bond acceptors (Lipinski definition) is 5. The number of carbonyl (C=O) groups is 3. The summed E-state index contributed by atoms with van der Waals surface area (Å²) >= 11 is 0. The first-order valence-electron chi connectivity index (χ1n) is 7.62. The van der Waals surface area contributed by atoms with E-state index in [0.717, 1.165) is 5.56 Å². The van der Waals surface area contributed by atoms with Crippen molar-refractivity contribution < 1.29 is 23.9 Å². The van der Waals surface area contributed by atoms with Crippen molar-refractivity contribution in [3.63, 3.8) is 0 Å². The van der Waals surface area contributed by atoms with Gasteiger partial charge >= 0.3 is 6.09 Å².